The fraction of sp³-hybridized carbons (Fsp3) is 0.562. The van der Waals surface area contributed by atoms with Crippen LogP contribution < -0.4 is 30.6 Å². The van der Waals surface area contributed by atoms with Crippen LogP contribution in [0.2, 0.25) is 0 Å². The number of anilines is 4. The van der Waals surface area contributed by atoms with Crippen LogP contribution in [0.15, 0.2) is 24.3 Å². The van der Waals surface area contributed by atoms with E-state index in [1.807, 2.05) is 38.4 Å². The van der Waals surface area contributed by atoms with Crippen molar-refractivity contribution in [3.8, 4) is 0 Å². The van der Waals surface area contributed by atoms with E-state index in [1.54, 1.807) is 0 Å². The van der Waals surface area contributed by atoms with Crippen LogP contribution >= 0.6 is 0 Å². The highest BCUT2D eigenvalue weighted by atomic mass is 16.3. The zero-order valence-corrected chi connectivity index (χ0v) is 25.3. The Kier molecular flexibility index (Phi) is 6.55. The second kappa shape index (κ2) is 9.21. The van der Waals surface area contributed by atoms with Gasteiger partial charge in [0.05, 0.1) is 0 Å². The number of hydrogen-bond donors (Lipinski definition) is 2. The lowest BCUT2D eigenvalue weighted by Gasteiger charge is -2.62. The number of likely N-dealkylation sites (N-methyl/N-ethyl adjacent to an activating group) is 2. The molecule has 40 heavy (non-hydrogen) atoms. The first-order valence-corrected chi connectivity index (χ1v) is 14.2. The van der Waals surface area contributed by atoms with Crippen LogP contribution in [0.3, 0.4) is 0 Å². The molecule has 2 heterocycles. The molecule has 0 radical (unpaired) electrons. The molecule has 216 valence electrons. The summed E-state index contributed by atoms with van der Waals surface area (Å²) < 4.78 is 0. The average Bonchev–Trinajstić information content (AvgIpc) is 3.13. The maximum absolute atomic E-state index is 14.1. The van der Waals surface area contributed by atoms with E-state index < -0.39 is 24.0 Å². The number of fused-ring (bicyclic) bond motifs is 2. The smallest absolute Gasteiger partial charge is 0.221 e. The standard InChI is InChI=1S/C32H42N4O4/c1-15-31(5,6)21-11-19(23(33-17(3)37)13-25(21)35(15)9)27-29(39)28(30(27)40)20-12-22-26(14-24(20)34-18(4)38)36(10)16(2)32(22,7)8/h11-16,27-30H,1-10H3,(H,33,37)(H,34,38)/q-2. The Morgan fingerprint density at radius 2 is 1.02 bits per heavy atom. The zero-order valence-electron chi connectivity index (χ0n) is 25.3. The third-order valence-corrected chi connectivity index (χ3v) is 10.5. The summed E-state index contributed by atoms with van der Waals surface area (Å²) in [6.07, 6.45) is -2.45. The van der Waals surface area contributed by atoms with Gasteiger partial charge in [0.1, 0.15) is 0 Å². The Morgan fingerprint density at radius 3 is 1.32 bits per heavy atom. The van der Waals surface area contributed by atoms with Gasteiger partial charge in [-0.1, -0.05) is 39.8 Å². The van der Waals surface area contributed by atoms with Gasteiger partial charge in [-0.2, -0.15) is 0 Å². The van der Waals surface area contributed by atoms with Crippen molar-refractivity contribution in [2.45, 2.75) is 102 Å². The quantitative estimate of drug-likeness (QED) is 0.610. The summed E-state index contributed by atoms with van der Waals surface area (Å²) in [5.41, 5.74) is 6.03. The highest BCUT2D eigenvalue weighted by Gasteiger charge is 2.46. The minimum Gasteiger partial charge on any atom is -0.851 e. The van der Waals surface area contributed by atoms with Gasteiger partial charge in [0.2, 0.25) is 11.8 Å². The predicted molar refractivity (Wildman–Crippen MR) is 156 cm³/mol. The van der Waals surface area contributed by atoms with Gasteiger partial charge in [0, 0.05) is 73.6 Å². The van der Waals surface area contributed by atoms with E-state index in [4.69, 9.17) is 0 Å². The topological polar surface area (TPSA) is 111 Å². The molecule has 2 N–H and O–H groups in total. The van der Waals surface area contributed by atoms with E-state index in [9.17, 15) is 19.8 Å². The number of hydrogen-bond acceptors (Lipinski definition) is 6. The van der Waals surface area contributed by atoms with Gasteiger partial charge in [-0.3, -0.25) is 9.59 Å². The fourth-order valence-corrected chi connectivity index (χ4v) is 7.19. The summed E-state index contributed by atoms with van der Waals surface area (Å²) in [6, 6.07) is 8.21. The summed E-state index contributed by atoms with van der Waals surface area (Å²) in [6.45, 7) is 15.8. The minimum atomic E-state index is -1.22. The van der Waals surface area contributed by atoms with Gasteiger partial charge >= 0.3 is 0 Å². The van der Waals surface area contributed by atoms with Crippen LogP contribution in [0, 0.1) is 0 Å². The molecule has 0 spiro atoms. The maximum Gasteiger partial charge on any atom is 0.221 e. The van der Waals surface area contributed by atoms with Crippen molar-refractivity contribution in [2.75, 3.05) is 34.5 Å². The van der Waals surface area contributed by atoms with Crippen molar-refractivity contribution in [1.29, 1.82) is 0 Å². The highest BCUT2D eigenvalue weighted by molar-refractivity contribution is 5.92. The fourth-order valence-electron chi connectivity index (χ4n) is 7.19. The molecular formula is C32H42N4O4-2. The van der Waals surface area contributed by atoms with Crippen LogP contribution in [0.25, 0.3) is 0 Å². The predicted octanol–water partition coefficient (Wildman–Crippen LogP) is 3.17. The largest absolute Gasteiger partial charge is 0.851 e. The number of nitrogens with zero attached hydrogens (tertiary/aromatic N) is 2. The molecule has 0 aromatic heterocycles. The van der Waals surface area contributed by atoms with Crippen molar-refractivity contribution < 1.29 is 19.8 Å². The molecule has 1 fully saturated rings. The van der Waals surface area contributed by atoms with Crippen molar-refractivity contribution in [3.05, 3.63) is 46.5 Å². The van der Waals surface area contributed by atoms with Gasteiger partial charge < -0.3 is 30.6 Å². The molecule has 2 amide bonds. The van der Waals surface area contributed by atoms with Crippen LogP contribution in [0.4, 0.5) is 22.7 Å². The zero-order chi connectivity index (χ0) is 29.6. The van der Waals surface area contributed by atoms with E-state index in [1.165, 1.54) is 13.8 Å². The summed E-state index contributed by atoms with van der Waals surface area (Å²) in [4.78, 5) is 28.7. The average molecular weight is 547 g/mol. The van der Waals surface area contributed by atoms with E-state index in [0.717, 1.165) is 22.5 Å². The first-order chi connectivity index (χ1) is 18.5. The third kappa shape index (κ3) is 3.94. The summed E-state index contributed by atoms with van der Waals surface area (Å²) in [7, 11) is 4.05. The number of rotatable bonds is 4. The monoisotopic (exact) mass is 546 g/mol. The second-order valence-corrected chi connectivity index (χ2v) is 13.3. The molecule has 0 bridgehead atoms. The molecule has 3 aliphatic rings. The Bertz CT molecular complexity index is 1290. The minimum absolute atomic E-state index is 0.194. The van der Waals surface area contributed by atoms with Crippen LogP contribution in [-0.4, -0.2) is 50.2 Å². The van der Waals surface area contributed by atoms with E-state index in [-0.39, 0.29) is 34.7 Å². The SMILES string of the molecule is CC(=O)Nc1cc2c(cc1C1C([O-])C(c3cc4c(cc3NC(C)=O)N(C)C(C)C4(C)C)C1[O-])C(C)(C)C(C)N2C. The number of carbonyl (C=O) groups is 2. The van der Waals surface area contributed by atoms with E-state index >= 15 is 0 Å². The Morgan fingerprint density at radius 1 is 0.700 bits per heavy atom. The Hall–Kier alpha value is -3.10. The second-order valence-electron chi connectivity index (χ2n) is 13.3. The molecular weight excluding hydrogens is 504 g/mol. The highest BCUT2D eigenvalue weighted by Crippen LogP contribution is 2.55. The third-order valence-electron chi connectivity index (χ3n) is 10.5. The van der Waals surface area contributed by atoms with Crippen LogP contribution in [0.1, 0.15) is 89.5 Å². The molecule has 0 saturated heterocycles. The first-order valence-electron chi connectivity index (χ1n) is 14.2. The lowest BCUT2D eigenvalue weighted by atomic mass is 9.61. The molecule has 1 saturated carbocycles. The molecule has 2 aromatic rings. The van der Waals surface area contributed by atoms with E-state index in [2.05, 4.69) is 62.0 Å². The molecule has 2 aliphatic heterocycles. The van der Waals surface area contributed by atoms with Gasteiger partial charge in [0.25, 0.3) is 0 Å². The number of nitrogens with one attached hydrogen (secondary N) is 2. The lowest BCUT2D eigenvalue weighted by molar-refractivity contribution is -0.535. The normalized spacial score (nSPS) is 29.5. The van der Waals surface area contributed by atoms with Crippen molar-refractivity contribution in [2.24, 2.45) is 0 Å². The maximum atomic E-state index is 14.1. The molecule has 5 rings (SSSR count). The van der Waals surface area contributed by atoms with Crippen molar-refractivity contribution >= 4 is 34.6 Å². The van der Waals surface area contributed by atoms with Gasteiger partial charge in [-0.15, -0.1) is 12.2 Å². The van der Waals surface area contributed by atoms with Crippen LogP contribution in [-0.2, 0) is 20.4 Å². The molecule has 8 heteroatoms. The molecule has 2 atom stereocenters. The number of amides is 2. The molecule has 8 nitrogen and oxygen atoms in total. The van der Waals surface area contributed by atoms with Gasteiger partial charge in [-0.25, -0.2) is 0 Å². The first kappa shape index (κ1) is 28.4. The molecule has 2 aromatic carbocycles. The number of carbonyl (C=O) groups excluding carboxylic acids is 2. The summed E-state index contributed by atoms with van der Waals surface area (Å²) in [5.74, 6) is -2.13. The summed E-state index contributed by atoms with van der Waals surface area (Å²) in [5, 5.41) is 33.9. The molecule has 1 aliphatic carbocycles. The van der Waals surface area contributed by atoms with Gasteiger partial charge in [-0.05, 0) is 60.1 Å². The van der Waals surface area contributed by atoms with Crippen molar-refractivity contribution in [1.82, 2.24) is 0 Å². The summed E-state index contributed by atoms with van der Waals surface area (Å²) >= 11 is 0. The van der Waals surface area contributed by atoms with Crippen LogP contribution in [0.5, 0.6) is 0 Å². The van der Waals surface area contributed by atoms with Gasteiger partial charge in [0.15, 0.2) is 0 Å². The van der Waals surface area contributed by atoms with Crippen molar-refractivity contribution in [3.63, 3.8) is 0 Å². The van der Waals surface area contributed by atoms with E-state index in [0.29, 0.717) is 22.5 Å². The Labute approximate surface area is 237 Å². The Balaban J connectivity index is 1.60. The lowest BCUT2D eigenvalue weighted by Crippen LogP contribution is -2.64. The number of benzene rings is 2. The molecule has 2 unspecified atom stereocenters.